The highest BCUT2D eigenvalue weighted by Crippen LogP contribution is 2.27. The number of carboxylic acid groups (broad SMARTS) is 1. The summed E-state index contributed by atoms with van der Waals surface area (Å²) < 4.78 is 6.15. The maximum absolute atomic E-state index is 12.4. The molecule has 2 rings (SSSR count). The normalized spacial score (nSPS) is 16.6. The molecule has 0 radical (unpaired) electrons. The van der Waals surface area contributed by atoms with Crippen LogP contribution in [0.1, 0.15) is 22.8 Å². The first-order valence-electron chi connectivity index (χ1n) is 6.22. The molecule has 0 atom stereocenters. The molecule has 1 N–H and O–H groups in total. The minimum absolute atomic E-state index is 0.0554. The predicted molar refractivity (Wildman–Crippen MR) is 76.8 cm³/mol. The van der Waals surface area contributed by atoms with E-state index >= 15 is 0 Å². The van der Waals surface area contributed by atoms with Crippen molar-refractivity contribution in [2.75, 3.05) is 19.7 Å². The molecule has 1 heterocycles. The summed E-state index contributed by atoms with van der Waals surface area (Å²) in [5.41, 5.74) is 1.01. The molecule has 0 aliphatic carbocycles. The molecular weight excluding hydrogens is 326 g/mol. The number of carbonyl (C=O) groups is 2. The molecule has 20 heavy (non-hydrogen) atoms. The summed E-state index contributed by atoms with van der Waals surface area (Å²) in [7, 11) is 0. The van der Waals surface area contributed by atoms with Gasteiger partial charge in [-0.05, 0) is 31.5 Å². The zero-order valence-electron chi connectivity index (χ0n) is 11.4. The molecule has 0 saturated carbocycles. The lowest BCUT2D eigenvalue weighted by molar-refractivity contribution is -0.159. The van der Waals surface area contributed by atoms with Crippen LogP contribution in [0, 0.1) is 6.92 Å². The van der Waals surface area contributed by atoms with Crippen molar-refractivity contribution < 1.29 is 19.4 Å². The number of carbonyl (C=O) groups excluding carboxylic acids is 1. The number of benzene rings is 1. The second-order valence-corrected chi connectivity index (χ2v) is 6.17. The summed E-state index contributed by atoms with van der Waals surface area (Å²) in [5, 5.41) is 8.61. The number of hydrogen-bond acceptors (Lipinski definition) is 3. The molecule has 5 nitrogen and oxygen atoms in total. The van der Waals surface area contributed by atoms with E-state index < -0.39 is 11.6 Å². The van der Waals surface area contributed by atoms with Crippen molar-refractivity contribution in [3.05, 3.63) is 33.8 Å². The van der Waals surface area contributed by atoms with Crippen LogP contribution in [-0.4, -0.2) is 47.2 Å². The van der Waals surface area contributed by atoms with Gasteiger partial charge < -0.3 is 14.7 Å². The zero-order valence-corrected chi connectivity index (χ0v) is 12.9. The van der Waals surface area contributed by atoms with Gasteiger partial charge in [-0.1, -0.05) is 22.0 Å². The van der Waals surface area contributed by atoms with Crippen molar-refractivity contribution >= 4 is 27.8 Å². The van der Waals surface area contributed by atoms with Crippen LogP contribution < -0.4 is 0 Å². The third kappa shape index (κ3) is 3.19. The minimum atomic E-state index is -1.00. The average molecular weight is 342 g/mol. The molecule has 108 valence electrons. The Labute approximate surface area is 125 Å². The van der Waals surface area contributed by atoms with Gasteiger partial charge in [0, 0.05) is 10.0 Å². The third-order valence-corrected chi connectivity index (χ3v) is 3.81. The van der Waals surface area contributed by atoms with Gasteiger partial charge in [0.2, 0.25) is 0 Å². The van der Waals surface area contributed by atoms with E-state index in [0.29, 0.717) is 18.7 Å². The van der Waals surface area contributed by atoms with Gasteiger partial charge in [0.05, 0.1) is 13.1 Å². The van der Waals surface area contributed by atoms with E-state index in [1.807, 2.05) is 26.0 Å². The summed E-state index contributed by atoms with van der Waals surface area (Å²) in [4.78, 5) is 24.5. The van der Waals surface area contributed by atoms with Crippen LogP contribution >= 0.6 is 15.9 Å². The fourth-order valence-corrected chi connectivity index (χ4v) is 2.59. The van der Waals surface area contributed by atoms with E-state index in [2.05, 4.69) is 15.9 Å². The first-order valence-corrected chi connectivity index (χ1v) is 7.01. The molecule has 0 bridgehead atoms. The van der Waals surface area contributed by atoms with Gasteiger partial charge in [0.15, 0.2) is 0 Å². The Kier molecular flexibility index (Phi) is 4.15. The van der Waals surface area contributed by atoms with E-state index in [-0.39, 0.29) is 12.5 Å². The van der Waals surface area contributed by atoms with Gasteiger partial charge in [-0.2, -0.15) is 0 Å². The minimum Gasteiger partial charge on any atom is -0.480 e. The van der Waals surface area contributed by atoms with Gasteiger partial charge in [-0.15, -0.1) is 0 Å². The molecule has 1 fully saturated rings. The number of aryl methyl sites for hydroxylation is 1. The smallest absolute Gasteiger partial charge is 0.329 e. The maximum atomic E-state index is 12.4. The van der Waals surface area contributed by atoms with E-state index in [1.165, 1.54) is 0 Å². The standard InChI is InChI=1S/C14H16BrNO4/c1-9-3-4-10(15)5-11(9)13(19)16-7-14(2,8-16)20-6-12(17)18/h3-5H,6-8H2,1-2H3,(H,17,18). The Morgan fingerprint density at radius 1 is 1.45 bits per heavy atom. The van der Waals surface area contributed by atoms with Gasteiger partial charge in [0.25, 0.3) is 5.91 Å². The van der Waals surface area contributed by atoms with Crippen LogP contribution in [0.15, 0.2) is 22.7 Å². The number of halogens is 1. The molecule has 1 aliphatic rings. The van der Waals surface area contributed by atoms with Gasteiger partial charge >= 0.3 is 5.97 Å². The number of rotatable bonds is 4. The van der Waals surface area contributed by atoms with E-state index in [9.17, 15) is 9.59 Å². The number of ether oxygens (including phenoxy) is 1. The highest BCUT2D eigenvalue weighted by Gasteiger charge is 2.43. The largest absolute Gasteiger partial charge is 0.480 e. The lowest BCUT2D eigenvalue weighted by Crippen LogP contribution is -2.63. The van der Waals surface area contributed by atoms with E-state index in [1.54, 1.807) is 11.0 Å². The second kappa shape index (κ2) is 5.54. The number of aliphatic carboxylic acids is 1. The van der Waals surface area contributed by atoms with Crippen LogP contribution in [0.2, 0.25) is 0 Å². The lowest BCUT2D eigenvalue weighted by Gasteiger charge is -2.47. The number of carboxylic acids is 1. The SMILES string of the molecule is Cc1ccc(Br)cc1C(=O)N1CC(C)(OCC(=O)O)C1. The Bertz CT molecular complexity index is 552. The Morgan fingerprint density at radius 2 is 2.10 bits per heavy atom. The summed E-state index contributed by atoms with van der Waals surface area (Å²) in [6.45, 7) is 4.18. The van der Waals surface area contributed by atoms with E-state index in [4.69, 9.17) is 9.84 Å². The van der Waals surface area contributed by atoms with Gasteiger partial charge in [0.1, 0.15) is 12.2 Å². The van der Waals surface area contributed by atoms with Gasteiger partial charge in [-0.25, -0.2) is 4.79 Å². The molecule has 1 aromatic rings. The summed E-state index contributed by atoms with van der Waals surface area (Å²) in [6.07, 6.45) is 0. The van der Waals surface area contributed by atoms with Crippen molar-refractivity contribution in [2.24, 2.45) is 0 Å². The highest BCUT2D eigenvalue weighted by molar-refractivity contribution is 9.10. The third-order valence-electron chi connectivity index (χ3n) is 3.31. The Balaban J connectivity index is 2.00. The second-order valence-electron chi connectivity index (χ2n) is 5.25. The fourth-order valence-electron chi connectivity index (χ4n) is 2.23. The first kappa shape index (κ1) is 15.0. The van der Waals surface area contributed by atoms with Crippen molar-refractivity contribution in [2.45, 2.75) is 19.4 Å². The number of hydrogen-bond donors (Lipinski definition) is 1. The predicted octanol–water partition coefficient (Wildman–Crippen LogP) is 2.07. The maximum Gasteiger partial charge on any atom is 0.329 e. The first-order chi connectivity index (χ1) is 9.31. The lowest BCUT2D eigenvalue weighted by atomic mass is 9.94. The average Bonchev–Trinajstić information content (AvgIpc) is 2.35. The van der Waals surface area contributed by atoms with Crippen molar-refractivity contribution in [1.29, 1.82) is 0 Å². The molecule has 0 aromatic heterocycles. The summed E-state index contributed by atoms with van der Waals surface area (Å²) in [5.74, 6) is -1.06. The van der Waals surface area contributed by atoms with Crippen LogP contribution in [-0.2, 0) is 9.53 Å². The van der Waals surface area contributed by atoms with Gasteiger partial charge in [-0.3, -0.25) is 4.79 Å². The Morgan fingerprint density at radius 3 is 2.70 bits per heavy atom. The summed E-state index contributed by atoms with van der Waals surface area (Å²) in [6, 6.07) is 5.57. The number of amides is 1. The molecule has 0 unspecified atom stereocenters. The van der Waals surface area contributed by atoms with Crippen LogP contribution in [0.5, 0.6) is 0 Å². The fraction of sp³-hybridized carbons (Fsp3) is 0.429. The highest BCUT2D eigenvalue weighted by atomic mass is 79.9. The number of likely N-dealkylation sites (tertiary alicyclic amines) is 1. The molecule has 1 aliphatic heterocycles. The molecule has 6 heteroatoms. The Hall–Kier alpha value is -1.40. The zero-order chi connectivity index (χ0) is 14.9. The van der Waals surface area contributed by atoms with Crippen LogP contribution in [0.4, 0.5) is 0 Å². The quantitative estimate of drug-likeness (QED) is 0.910. The van der Waals surface area contributed by atoms with Crippen LogP contribution in [0.3, 0.4) is 0 Å². The van der Waals surface area contributed by atoms with Crippen molar-refractivity contribution in [3.8, 4) is 0 Å². The van der Waals surface area contributed by atoms with Crippen molar-refractivity contribution in [1.82, 2.24) is 4.90 Å². The van der Waals surface area contributed by atoms with Crippen LogP contribution in [0.25, 0.3) is 0 Å². The molecule has 1 aromatic carbocycles. The molecule has 1 saturated heterocycles. The number of nitrogens with zero attached hydrogens (tertiary/aromatic N) is 1. The molecular formula is C14H16BrNO4. The summed E-state index contributed by atoms with van der Waals surface area (Å²) >= 11 is 3.36. The van der Waals surface area contributed by atoms with Crippen molar-refractivity contribution in [3.63, 3.8) is 0 Å². The topological polar surface area (TPSA) is 66.8 Å². The van der Waals surface area contributed by atoms with E-state index in [0.717, 1.165) is 10.0 Å². The monoisotopic (exact) mass is 341 g/mol. The molecule has 1 amide bonds. The molecule has 0 spiro atoms.